The number of anilines is 1. The van der Waals surface area contributed by atoms with Crippen LogP contribution in [-0.2, 0) is 11.3 Å². The predicted octanol–water partition coefficient (Wildman–Crippen LogP) is 2.86. The number of carbonyl (C=O) groups excluding carboxylic acids is 1. The Balaban J connectivity index is 1.45. The van der Waals surface area contributed by atoms with Crippen molar-refractivity contribution in [1.29, 1.82) is 0 Å². The minimum Gasteiger partial charge on any atom is -0.325 e. The summed E-state index contributed by atoms with van der Waals surface area (Å²) >= 11 is 0. The first-order chi connectivity index (χ1) is 12.5. The highest BCUT2D eigenvalue weighted by Gasteiger charge is 2.20. The number of halogens is 3. The second-order valence-corrected chi connectivity index (χ2v) is 6.32. The van der Waals surface area contributed by atoms with E-state index in [1.165, 1.54) is 30.3 Å². The second-order valence-electron chi connectivity index (χ2n) is 6.32. The first-order valence-corrected chi connectivity index (χ1v) is 8.44. The summed E-state index contributed by atoms with van der Waals surface area (Å²) in [6, 6.07) is 9.80. The topological polar surface area (TPSA) is 35.6 Å². The number of rotatable bonds is 5. The summed E-state index contributed by atoms with van der Waals surface area (Å²) in [4.78, 5) is 16.1. The van der Waals surface area contributed by atoms with Crippen LogP contribution in [0.15, 0.2) is 42.5 Å². The molecule has 0 radical (unpaired) electrons. The van der Waals surface area contributed by atoms with E-state index in [0.717, 1.165) is 6.07 Å². The third kappa shape index (κ3) is 4.83. The average Bonchev–Trinajstić information content (AvgIpc) is 2.62. The number of piperazine rings is 1. The molecule has 26 heavy (non-hydrogen) atoms. The van der Waals surface area contributed by atoms with E-state index in [-0.39, 0.29) is 18.3 Å². The summed E-state index contributed by atoms with van der Waals surface area (Å²) in [6.45, 7) is 3.24. The van der Waals surface area contributed by atoms with Crippen LogP contribution in [0, 0.1) is 17.5 Å². The van der Waals surface area contributed by atoms with Crippen molar-refractivity contribution in [1.82, 2.24) is 9.80 Å². The van der Waals surface area contributed by atoms with Crippen LogP contribution in [0.1, 0.15) is 5.56 Å². The van der Waals surface area contributed by atoms with Crippen molar-refractivity contribution in [3.05, 3.63) is 65.5 Å². The van der Waals surface area contributed by atoms with Gasteiger partial charge in [-0.15, -0.1) is 0 Å². The molecular formula is C19H20F3N3O. The lowest BCUT2D eigenvalue weighted by atomic mass is 10.1. The number of amides is 1. The third-order valence-corrected chi connectivity index (χ3v) is 4.39. The fourth-order valence-electron chi connectivity index (χ4n) is 2.95. The van der Waals surface area contributed by atoms with Gasteiger partial charge in [0.1, 0.15) is 5.82 Å². The fraction of sp³-hybridized carbons (Fsp3) is 0.316. The molecule has 1 saturated heterocycles. The molecule has 1 aliphatic heterocycles. The Bertz CT molecular complexity index is 759. The summed E-state index contributed by atoms with van der Waals surface area (Å²) in [6.07, 6.45) is 0. The molecule has 0 saturated carbocycles. The first-order valence-electron chi connectivity index (χ1n) is 8.44. The van der Waals surface area contributed by atoms with Gasteiger partial charge in [0.15, 0.2) is 11.6 Å². The summed E-state index contributed by atoms with van der Waals surface area (Å²) in [5.74, 6) is -2.15. The number of benzene rings is 2. The molecule has 1 fully saturated rings. The van der Waals surface area contributed by atoms with Crippen molar-refractivity contribution >= 4 is 11.6 Å². The average molecular weight is 363 g/mol. The van der Waals surface area contributed by atoms with E-state index >= 15 is 0 Å². The van der Waals surface area contributed by atoms with Crippen molar-refractivity contribution in [3.63, 3.8) is 0 Å². The van der Waals surface area contributed by atoms with Gasteiger partial charge in [0, 0.05) is 44.0 Å². The molecule has 0 spiro atoms. The van der Waals surface area contributed by atoms with E-state index < -0.39 is 11.6 Å². The van der Waals surface area contributed by atoms with E-state index in [9.17, 15) is 18.0 Å². The molecule has 0 aromatic heterocycles. The van der Waals surface area contributed by atoms with E-state index in [2.05, 4.69) is 5.32 Å². The number of hydrogen-bond acceptors (Lipinski definition) is 3. The maximum atomic E-state index is 13.7. The molecule has 0 unspecified atom stereocenters. The van der Waals surface area contributed by atoms with Gasteiger partial charge in [-0.3, -0.25) is 14.6 Å². The highest BCUT2D eigenvalue weighted by molar-refractivity contribution is 5.92. The monoisotopic (exact) mass is 363 g/mol. The van der Waals surface area contributed by atoms with Crippen molar-refractivity contribution in [2.75, 3.05) is 38.0 Å². The van der Waals surface area contributed by atoms with Crippen LogP contribution < -0.4 is 5.32 Å². The maximum absolute atomic E-state index is 13.7. The molecule has 138 valence electrons. The molecule has 1 amide bonds. The molecule has 0 atom stereocenters. The van der Waals surface area contributed by atoms with Gasteiger partial charge >= 0.3 is 0 Å². The van der Waals surface area contributed by atoms with Crippen molar-refractivity contribution in [3.8, 4) is 0 Å². The SMILES string of the molecule is O=C(CN1CCN(Cc2cccc(F)c2F)CC1)Nc1ccc(F)cc1. The summed E-state index contributed by atoms with van der Waals surface area (Å²) in [5.41, 5.74) is 0.893. The quantitative estimate of drug-likeness (QED) is 0.887. The van der Waals surface area contributed by atoms with Crippen LogP contribution in [-0.4, -0.2) is 48.4 Å². The van der Waals surface area contributed by atoms with Crippen molar-refractivity contribution < 1.29 is 18.0 Å². The molecule has 1 aliphatic rings. The minimum atomic E-state index is -0.835. The lowest BCUT2D eigenvalue weighted by molar-refractivity contribution is -0.117. The smallest absolute Gasteiger partial charge is 0.238 e. The van der Waals surface area contributed by atoms with Gasteiger partial charge in [-0.1, -0.05) is 12.1 Å². The van der Waals surface area contributed by atoms with Gasteiger partial charge in [0.05, 0.1) is 6.54 Å². The highest BCUT2D eigenvalue weighted by atomic mass is 19.2. The Hall–Kier alpha value is -2.38. The third-order valence-electron chi connectivity index (χ3n) is 4.39. The van der Waals surface area contributed by atoms with E-state index in [1.807, 2.05) is 9.80 Å². The molecule has 2 aromatic carbocycles. The Morgan fingerprint density at radius 2 is 1.58 bits per heavy atom. The largest absolute Gasteiger partial charge is 0.325 e. The molecule has 0 aliphatic carbocycles. The van der Waals surface area contributed by atoms with Crippen LogP contribution in [0.3, 0.4) is 0 Å². The summed E-state index contributed by atoms with van der Waals surface area (Å²) in [7, 11) is 0. The number of hydrogen-bond donors (Lipinski definition) is 1. The van der Waals surface area contributed by atoms with Gasteiger partial charge in [-0.2, -0.15) is 0 Å². The molecule has 7 heteroatoms. The van der Waals surface area contributed by atoms with E-state index in [0.29, 0.717) is 44.0 Å². The molecule has 3 rings (SSSR count). The molecule has 1 N–H and O–H groups in total. The molecule has 4 nitrogen and oxygen atoms in total. The van der Waals surface area contributed by atoms with Crippen molar-refractivity contribution in [2.24, 2.45) is 0 Å². The Morgan fingerprint density at radius 1 is 0.923 bits per heavy atom. The second kappa shape index (κ2) is 8.33. The number of nitrogens with one attached hydrogen (secondary N) is 1. The standard InChI is InChI=1S/C19H20F3N3O/c20-15-4-6-16(7-5-15)23-18(26)13-25-10-8-24(9-11-25)12-14-2-1-3-17(21)19(14)22/h1-7H,8-13H2,(H,23,26). The predicted molar refractivity (Wildman–Crippen MR) is 93.1 cm³/mol. The molecule has 0 bridgehead atoms. The minimum absolute atomic E-state index is 0.166. The van der Waals surface area contributed by atoms with Gasteiger partial charge in [-0.25, -0.2) is 13.2 Å². The van der Waals surface area contributed by atoms with Crippen LogP contribution in [0.25, 0.3) is 0 Å². The lowest BCUT2D eigenvalue weighted by Gasteiger charge is -2.34. The molecular weight excluding hydrogens is 343 g/mol. The van der Waals surface area contributed by atoms with Gasteiger partial charge in [0.25, 0.3) is 0 Å². The summed E-state index contributed by atoms with van der Waals surface area (Å²) in [5, 5.41) is 2.73. The fourth-order valence-corrected chi connectivity index (χ4v) is 2.95. The van der Waals surface area contributed by atoms with Crippen LogP contribution in [0.2, 0.25) is 0 Å². The summed E-state index contributed by atoms with van der Waals surface area (Å²) < 4.78 is 39.9. The van der Waals surface area contributed by atoms with Gasteiger partial charge in [-0.05, 0) is 30.3 Å². The first kappa shape index (κ1) is 18.4. The Morgan fingerprint density at radius 3 is 2.27 bits per heavy atom. The van der Waals surface area contributed by atoms with Crippen LogP contribution in [0.5, 0.6) is 0 Å². The maximum Gasteiger partial charge on any atom is 0.238 e. The molecule has 1 heterocycles. The normalized spacial score (nSPS) is 15.8. The Kier molecular flexibility index (Phi) is 5.90. The van der Waals surface area contributed by atoms with E-state index in [1.54, 1.807) is 6.07 Å². The van der Waals surface area contributed by atoms with Crippen molar-refractivity contribution in [2.45, 2.75) is 6.54 Å². The van der Waals surface area contributed by atoms with Crippen LogP contribution in [0.4, 0.5) is 18.9 Å². The van der Waals surface area contributed by atoms with E-state index in [4.69, 9.17) is 0 Å². The number of nitrogens with zero attached hydrogens (tertiary/aromatic N) is 2. The van der Waals surface area contributed by atoms with Crippen LogP contribution >= 0.6 is 0 Å². The Labute approximate surface area is 150 Å². The van der Waals surface area contributed by atoms with Gasteiger partial charge < -0.3 is 5.32 Å². The zero-order valence-electron chi connectivity index (χ0n) is 14.2. The van der Waals surface area contributed by atoms with Gasteiger partial charge in [0.2, 0.25) is 5.91 Å². The number of carbonyl (C=O) groups is 1. The highest BCUT2D eigenvalue weighted by Crippen LogP contribution is 2.15. The molecule has 2 aromatic rings. The zero-order valence-corrected chi connectivity index (χ0v) is 14.2. The lowest BCUT2D eigenvalue weighted by Crippen LogP contribution is -2.48. The zero-order chi connectivity index (χ0) is 18.5.